The van der Waals surface area contributed by atoms with Crippen LogP contribution >= 0.6 is 11.6 Å². The van der Waals surface area contributed by atoms with Crippen molar-refractivity contribution in [3.63, 3.8) is 0 Å². The third kappa shape index (κ3) is 5.53. The lowest BCUT2D eigenvalue weighted by Gasteiger charge is -2.29. The molecule has 30 heavy (non-hydrogen) atoms. The van der Waals surface area contributed by atoms with E-state index in [1.165, 1.54) is 12.1 Å². The minimum absolute atomic E-state index is 0.224. The first kappa shape index (κ1) is 22.2. The molecule has 8 heteroatoms. The summed E-state index contributed by atoms with van der Waals surface area (Å²) in [5, 5.41) is 14.8. The number of carbonyl (C=O) groups excluding carboxylic acids is 2. The second-order valence-electron chi connectivity index (χ2n) is 7.75. The van der Waals surface area contributed by atoms with Crippen molar-refractivity contribution in [3.8, 4) is 5.75 Å². The molecule has 1 amide bonds. The van der Waals surface area contributed by atoms with Crippen LogP contribution in [0.2, 0.25) is 5.02 Å². The maximum Gasteiger partial charge on any atom is 0.336 e. The van der Waals surface area contributed by atoms with Crippen LogP contribution in [0, 0.1) is 11.8 Å². The molecule has 0 saturated heterocycles. The number of benzene rings is 1. The van der Waals surface area contributed by atoms with Crippen molar-refractivity contribution in [2.45, 2.75) is 45.4 Å². The molecule has 2 aromatic rings. The van der Waals surface area contributed by atoms with E-state index in [1.54, 1.807) is 6.07 Å². The lowest BCUT2D eigenvalue weighted by molar-refractivity contribution is -0.312. The van der Waals surface area contributed by atoms with E-state index in [4.69, 9.17) is 20.8 Å². The number of halogens is 1. The number of amides is 1. The van der Waals surface area contributed by atoms with Gasteiger partial charge in [0.1, 0.15) is 11.3 Å². The van der Waals surface area contributed by atoms with Crippen LogP contribution in [-0.2, 0) is 16.0 Å². The zero-order chi connectivity index (χ0) is 21.7. The second-order valence-corrected chi connectivity index (χ2v) is 8.16. The third-order valence-electron chi connectivity index (χ3n) is 5.53. The Morgan fingerprint density at radius 3 is 2.63 bits per heavy atom. The van der Waals surface area contributed by atoms with Gasteiger partial charge in [0.05, 0.1) is 5.02 Å². The molecule has 0 bridgehead atoms. The molecule has 1 aliphatic carbocycles. The Kier molecular flexibility index (Phi) is 7.37. The number of fused-ring (bicyclic) bond motifs is 1. The topological polar surface area (TPSA) is 109 Å². The quantitative estimate of drug-likeness (QED) is 0.639. The molecule has 0 spiro atoms. The van der Waals surface area contributed by atoms with Gasteiger partial charge in [-0.1, -0.05) is 24.9 Å². The van der Waals surface area contributed by atoms with Gasteiger partial charge in [-0.15, -0.1) is 0 Å². The van der Waals surface area contributed by atoms with Crippen LogP contribution in [0.5, 0.6) is 5.75 Å². The van der Waals surface area contributed by atoms with Gasteiger partial charge in [-0.05, 0) is 55.6 Å². The van der Waals surface area contributed by atoms with E-state index in [0.717, 1.165) is 36.6 Å². The Morgan fingerprint density at radius 1 is 1.23 bits per heavy atom. The number of hydrogen-bond acceptors (Lipinski definition) is 6. The van der Waals surface area contributed by atoms with Gasteiger partial charge < -0.3 is 24.4 Å². The van der Waals surface area contributed by atoms with Crippen molar-refractivity contribution >= 4 is 34.4 Å². The fourth-order valence-electron chi connectivity index (χ4n) is 3.87. The average Bonchev–Trinajstić information content (AvgIpc) is 2.71. The van der Waals surface area contributed by atoms with Gasteiger partial charge in [0, 0.05) is 30.0 Å². The van der Waals surface area contributed by atoms with Crippen LogP contribution in [0.3, 0.4) is 0 Å². The molecule has 1 heterocycles. The maximum absolute atomic E-state index is 12.1. The number of ether oxygens (including phenoxy) is 1. The smallest absolute Gasteiger partial charge is 0.336 e. The zero-order valence-electron chi connectivity index (χ0n) is 16.9. The summed E-state index contributed by atoms with van der Waals surface area (Å²) in [4.78, 5) is 34.8. The molecule has 3 rings (SSSR count). The summed E-state index contributed by atoms with van der Waals surface area (Å²) in [5.74, 6) is -1.15. The molecule has 0 radical (unpaired) electrons. The molecular weight excluding hydrogens is 410 g/mol. The number of carbonyl (C=O) groups is 2. The molecule has 0 aliphatic heterocycles. The molecule has 7 nitrogen and oxygen atoms in total. The third-order valence-corrected chi connectivity index (χ3v) is 5.82. The number of carboxylic acid groups (broad SMARTS) is 1. The molecule has 162 valence electrons. The van der Waals surface area contributed by atoms with E-state index < -0.39 is 11.6 Å². The first-order chi connectivity index (χ1) is 14.4. The van der Waals surface area contributed by atoms with Crippen molar-refractivity contribution in [3.05, 3.63) is 39.2 Å². The number of nitrogens with one attached hydrogen (secondary N) is 1. The van der Waals surface area contributed by atoms with Gasteiger partial charge >= 0.3 is 5.63 Å². The maximum atomic E-state index is 12.1. The van der Waals surface area contributed by atoms with Crippen LogP contribution in [0.15, 0.2) is 27.4 Å². The number of carboxylic acids is 1. The molecule has 1 aromatic carbocycles. The Balaban J connectivity index is 1.56. The van der Waals surface area contributed by atoms with E-state index in [0.29, 0.717) is 30.0 Å². The van der Waals surface area contributed by atoms with Crippen LogP contribution < -0.4 is 20.8 Å². The number of aliphatic carboxylic acids is 1. The Labute approximate surface area is 179 Å². The largest absolute Gasteiger partial charge is 0.550 e. The van der Waals surface area contributed by atoms with Gasteiger partial charge in [-0.25, -0.2) is 4.79 Å². The Morgan fingerprint density at radius 2 is 1.97 bits per heavy atom. The van der Waals surface area contributed by atoms with Crippen LogP contribution in [0.25, 0.3) is 11.0 Å². The van der Waals surface area contributed by atoms with Crippen molar-refractivity contribution in [1.29, 1.82) is 0 Å². The fraction of sp³-hybridized carbons (Fsp3) is 0.500. The number of aryl methyl sites for hydroxylation is 1. The van der Waals surface area contributed by atoms with Crippen LogP contribution in [0.4, 0.5) is 0 Å². The highest BCUT2D eigenvalue weighted by molar-refractivity contribution is 6.32. The molecule has 1 N–H and O–H groups in total. The summed E-state index contributed by atoms with van der Waals surface area (Å²) in [5.41, 5.74) is 0.796. The molecule has 0 atom stereocenters. The summed E-state index contributed by atoms with van der Waals surface area (Å²) < 4.78 is 10.8. The summed E-state index contributed by atoms with van der Waals surface area (Å²) in [6.45, 7) is 2.27. The lowest BCUT2D eigenvalue weighted by Crippen LogP contribution is -2.37. The highest BCUT2D eigenvalue weighted by atomic mass is 35.5. The van der Waals surface area contributed by atoms with Crippen molar-refractivity contribution in [1.82, 2.24) is 5.32 Å². The van der Waals surface area contributed by atoms with E-state index in [-0.39, 0.29) is 30.1 Å². The predicted octanol–water partition coefficient (Wildman–Crippen LogP) is 2.45. The van der Waals surface area contributed by atoms with Gasteiger partial charge in [0.2, 0.25) is 0 Å². The van der Waals surface area contributed by atoms with E-state index in [9.17, 15) is 19.5 Å². The SMILES string of the molecule is CCCc1cc(=O)oc2cc(OCC(=O)NCC3CCC(C(=O)[O-])CC3)c(Cl)cc12. The van der Waals surface area contributed by atoms with Crippen molar-refractivity contribution in [2.75, 3.05) is 13.2 Å². The monoisotopic (exact) mass is 434 g/mol. The first-order valence-electron chi connectivity index (χ1n) is 10.2. The minimum Gasteiger partial charge on any atom is -0.550 e. The summed E-state index contributed by atoms with van der Waals surface area (Å²) in [6.07, 6.45) is 4.26. The lowest BCUT2D eigenvalue weighted by atomic mass is 9.82. The molecule has 0 unspecified atom stereocenters. The normalized spacial score (nSPS) is 18.9. The fourth-order valence-corrected chi connectivity index (χ4v) is 4.09. The molecular formula is C22H25ClNO6-. The average molecular weight is 435 g/mol. The van der Waals surface area contributed by atoms with Gasteiger partial charge in [0.15, 0.2) is 6.61 Å². The van der Waals surface area contributed by atoms with E-state index >= 15 is 0 Å². The van der Waals surface area contributed by atoms with E-state index in [1.807, 2.05) is 6.92 Å². The van der Waals surface area contributed by atoms with Crippen molar-refractivity contribution in [2.24, 2.45) is 11.8 Å². The van der Waals surface area contributed by atoms with Gasteiger partial charge in [0.25, 0.3) is 5.91 Å². The molecule has 1 aliphatic rings. The summed E-state index contributed by atoms with van der Waals surface area (Å²) in [7, 11) is 0. The van der Waals surface area contributed by atoms with Gasteiger partial charge in [-0.3, -0.25) is 4.79 Å². The second kappa shape index (κ2) is 9.98. The number of rotatable bonds is 8. The number of hydrogen-bond donors (Lipinski definition) is 1. The minimum atomic E-state index is -0.990. The summed E-state index contributed by atoms with van der Waals surface area (Å²) >= 11 is 6.31. The predicted molar refractivity (Wildman–Crippen MR) is 110 cm³/mol. The Hall–Kier alpha value is -2.54. The van der Waals surface area contributed by atoms with Crippen molar-refractivity contribution < 1.29 is 23.8 Å². The first-order valence-corrected chi connectivity index (χ1v) is 10.6. The summed E-state index contributed by atoms with van der Waals surface area (Å²) in [6, 6.07) is 4.69. The highest BCUT2D eigenvalue weighted by Gasteiger charge is 2.22. The Bertz CT molecular complexity index is 977. The standard InChI is InChI=1S/C22H26ClNO6/c1-2-3-15-8-21(26)30-18-10-19(17(23)9-16(15)18)29-12-20(25)24-11-13-4-6-14(7-5-13)22(27)28/h8-10,13-14H,2-7,11-12H2,1H3,(H,24,25)(H,27,28)/p-1. The zero-order valence-corrected chi connectivity index (χ0v) is 17.6. The molecule has 1 aromatic heterocycles. The molecule has 1 fully saturated rings. The molecule has 1 saturated carbocycles. The van der Waals surface area contributed by atoms with Crippen LogP contribution in [0.1, 0.15) is 44.6 Å². The van der Waals surface area contributed by atoms with Crippen LogP contribution in [-0.4, -0.2) is 25.0 Å². The van der Waals surface area contributed by atoms with E-state index in [2.05, 4.69) is 5.32 Å². The highest BCUT2D eigenvalue weighted by Crippen LogP contribution is 2.32. The van der Waals surface area contributed by atoms with Gasteiger partial charge in [-0.2, -0.15) is 0 Å².